The van der Waals surface area contributed by atoms with Crippen molar-refractivity contribution in [2.75, 3.05) is 19.0 Å². The number of hydrogen-bond donors (Lipinski definition) is 2. The molecule has 2 N–H and O–H groups in total. The number of anilines is 1. The molecule has 30 heavy (non-hydrogen) atoms. The van der Waals surface area contributed by atoms with Crippen LogP contribution in [0.3, 0.4) is 0 Å². The summed E-state index contributed by atoms with van der Waals surface area (Å²) in [5, 5.41) is 5.40. The highest BCUT2D eigenvalue weighted by Gasteiger charge is 2.52. The van der Waals surface area contributed by atoms with Gasteiger partial charge in [0.1, 0.15) is 23.7 Å². The zero-order chi connectivity index (χ0) is 21.7. The summed E-state index contributed by atoms with van der Waals surface area (Å²) in [6.07, 6.45) is 1.84. The number of amides is 4. The van der Waals surface area contributed by atoms with Crippen molar-refractivity contribution in [3.63, 3.8) is 0 Å². The highest BCUT2D eigenvalue weighted by Crippen LogP contribution is 2.34. The minimum atomic E-state index is -1.30. The van der Waals surface area contributed by atoms with Crippen molar-refractivity contribution < 1.29 is 23.5 Å². The number of carbonyl (C=O) groups is 3. The first-order valence-electron chi connectivity index (χ1n) is 9.73. The largest absolute Gasteiger partial charge is 0.497 e. The van der Waals surface area contributed by atoms with E-state index in [0.717, 1.165) is 11.3 Å². The maximum Gasteiger partial charge on any atom is 0.325 e. The highest BCUT2D eigenvalue weighted by atomic mass is 19.1. The van der Waals surface area contributed by atoms with Crippen molar-refractivity contribution in [3.05, 3.63) is 59.9 Å². The Balaban J connectivity index is 1.78. The number of unbranched alkanes of at least 4 members (excludes halogenated alkanes) is 1. The van der Waals surface area contributed by atoms with E-state index in [-0.39, 0.29) is 0 Å². The SMILES string of the molecule is CCCC[C@@]1(c2ccc(F)cc2)NC(=O)N(CC(=O)Nc2ccc(OC)cc2)C1=O. The molecular formula is C22H24FN3O4. The molecule has 0 unspecified atom stereocenters. The first kappa shape index (κ1) is 21.3. The molecule has 1 aliphatic rings. The van der Waals surface area contributed by atoms with Gasteiger partial charge in [-0.1, -0.05) is 31.9 Å². The lowest BCUT2D eigenvalue weighted by atomic mass is 9.85. The summed E-state index contributed by atoms with van der Waals surface area (Å²) in [5.41, 5.74) is -0.293. The van der Waals surface area contributed by atoms with Crippen LogP contribution in [0.15, 0.2) is 48.5 Å². The summed E-state index contributed by atoms with van der Waals surface area (Å²) >= 11 is 0. The Morgan fingerprint density at radius 2 is 1.80 bits per heavy atom. The summed E-state index contributed by atoms with van der Waals surface area (Å²) in [6.45, 7) is 1.55. The third-order valence-corrected chi connectivity index (χ3v) is 5.09. The molecule has 8 heteroatoms. The van der Waals surface area contributed by atoms with Gasteiger partial charge in [-0.3, -0.25) is 14.5 Å². The highest BCUT2D eigenvalue weighted by molar-refractivity contribution is 6.10. The molecule has 4 amide bonds. The number of ether oxygens (including phenoxy) is 1. The summed E-state index contributed by atoms with van der Waals surface area (Å²) < 4.78 is 18.5. The lowest BCUT2D eigenvalue weighted by Crippen LogP contribution is -2.44. The van der Waals surface area contributed by atoms with Crippen molar-refractivity contribution in [2.24, 2.45) is 0 Å². The molecule has 0 saturated carbocycles. The van der Waals surface area contributed by atoms with Crippen LogP contribution in [0.25, 0.3) is 0 Å². The van der Waals surface area contributed by atoms with Gasteiger partial charge in [0.2, 0.25) is 5.91 Å². The molecule has 1 saturated heterocycles. The number of halogens is 1. The van der Waals surface area contributed by atoms with Crippen molar-refractivity contribution in [3.8, 4) is 5.75 Å². The predicted molar refractivity (Wildman–Crippen MR) is 109 cm³/mol. The van der Waals surface area contributed by atoms with E-state index in [0.29, 0.717) is 29.8 Å². The normalized spacial score (nSPS) is 18.3. The maximum absolute atomic E-state index is 13.4. The van der Waals surface area contributed by atoms with Gasteiger partial charge in [0, 0.05) is 5.69 Å². The van der Waals surface area contributed by atoms with E-state index < -0.39 is 35.7 Å². The third-order valence-electron chi connectivity index (χ3n) is 5.09. The van der Waals surface area contributed by atoms with Gasteiger partial charge in [-0.05, 0) is 48.4 Å². The molecule has 3 rings (SSSR count). The quantitative estimate of drug-likeness (QED) is 0.650. The molecule has 7 nitrogen and oxygen atoms in total. The number of nitrogens with zero attached hydrogens (tertiary/aromatic N) is 1. The molecule has 1 heterocycles. The number of rotatable bonds is 8. The van der Waals surface area contributed by atoms with Crippen LogP contribution >= 0.6 is 0 Å². The second kappa shape index (κ2) is 8.94. The van der Waals surface area contributed by atoms with Crippen LogP contribution in [-0.4, -0.2) is 36.4 Å². The fourth-order valence-corrected chi connectivity index (χ4v) is 3.47. The van der Waals surface area contributed by atoms with Crippen LogP contribution < -0.4 is 15.4 Å². The minimum absolute atomic E-state index is 0.357. The summed E-state index contributed by atoms with van der Waals surface area (Å²) in [4.78, 5) is 39.2. The fourth-order valence-electron chi connectivity index (χ4n) is 3.47. The Labute approximate surface area is 174 Å². The van der Waals surface area contributed by atoms with Crippen LogP contribution in [-0.2, 0) is 15.1 Å². The molecular weight excluding hydrogens is 389 g/mol. The average molecular weight is 413 g/mol. The first-order valence-corrected chi connectivity index (χ1v) is 9.73. The summed E-state index contributed by atoms with van der Waals surface area (Å²) in [6, 6.07) is 11.5. The molecule has 0 aromatic heterocycles. The molecule has 1 atom stereocenters. The number of hydrogen-bond acceptors (Lipinski definition) is 4. The van der Waals surface area contributed by atoms with Gasteiger partial charge in [-0.25, -0.2) is 9.18 Å². The van der Waals surface area contributed by atoms with Gasteiger partial charge in [0.05, 0.1) is 7.11 Å². The Bertz CT molecular complexity index is 930. The van der Waals surface area contributed by atoms with Crippen LogP contribution in [0.1, 0.15) is 31.7 Å². The second-order valence-corrected chi connectivity index (χ2v) is 7.11. The fraction of sp³-hybridized carbons (Fsp3) is 0.318. The molecule has 0 aliphatic carbocycles. The zero-order valence-corrected chi connectivity index (χ0v) is 16.9. The van der Waals surface area contributed by atoms with E-state index in [1.807, 2.05) is 6.92 Å². The Morgan fingerprint density at radius 1 is 1.13 bits per heavy atom. The molecule has 0 spiro atoms. The van der Waals surface area contributed by atoms with Crippen LogP contribution in [0.5, 0.6) is 5.75 Å². The number of urea groups is 1. The first-order chi connectivity index (χ1) is 14.4. The predicted octanol–water partition coefficient (Wildman–Crippen LogP) is 3.41. The van der Waals surface area contributed by atoms with E-state index in [9.17, 15) is 18.8 Å². The van der Waals surface area contributed by atoms with E-state index in [1.54, 1.807) is 24.3 Å². The van der Waals surface area contributed by atoms with Gasteiger partial charge in [0.25, 0.3) is 5.91 Å². The molecule has 2 aromatic carbocycles. The smallest absolute Gasteiger partial charge is 0.325 e. The molecule has 0 bridgehead atoms. The second-order valence-electron chi connectivity index (χ2n) is 7.11. The third kappa shape index (κ3) is 4.27. The lowest BCUT2D eigenvalue weighted by molar-refractivity contribution is -0.134. The van der Waals surface area contributed by atoms with Crippen LogP contribution in [0, 0.1) is 5.82 Å². The van der Waals surface area contributed by atoms with E-state index in [4.69, 9.17) is 4.74 Å². The number of benzene rings is 2. The van der Waals surface area contributed by atoms with Gasteiger partial charge < -0.3 is 15.4 Å². The summed E-state index contributed by atoms with van der Waals surface area (Å²) in [5.74, 6) is -0.814. The van der Waals surface area contributed by atoms with Crippen molar-refractivity contribution in [2.45, 2.75) is 31.7 Å². The Kier molecular flexibility index (Phi) is 6.34. The lowest BCUT2D eigenvalue weighted by Gasteiger charge is -2.27. The number of nitrogens with one attached hydrogen (secondary N) is 2. The number of carbonyl (C=O) groups excluding carboxylic acids is 3. The summed E-state index contributed by atoms with van der Waals surface area (Å²) in [7, 11) is 1.54. The zero-order valence-electron chi connectivity index (χ0n) is 16.9. The monoisotopic (exact) mass is 413 g/mol. The van der Waals surface area contributed by atoms with Crippen molar-refractivity contribution >= 4 is 23.5 Å². The Morgan fingerprint density at radius 3 is 2.40 bits per heavy atom. The van der Waals surface area contributed by atoms with Gasteiger partial charge >= 0.3 is 6.03 Å². The van der Waals surface area contributed by atoms with Gasteiger partial charge in [-0.2, -0.15) is 0 Å². The standard InChI is InChI=1S/C22H24FN3O4/c1-3-4-13-22(15-5-7-16(23)8-6-15)20(28)26(21(29)25-22)14-19(27)24-17-9-11-18(30-2)12-10-17/h5-12H,3-4,13-14H2,1-2H3,(H,24,27)(H,25,29)/t22-/m0/s1. The van der Waals surface area contributed by atoms with Crippen molar-refractivity contribution in [1.82, 2.24) is 10.2 Å². The molecule has 1 aliphatic heterocycles. The molecule has 0 radical (unpaired) electrons. The molecule has 2 aromatic rings. The van der Waals surface area contributed by atoms with E-state index in [1.165, 1.54) is 31.4 Å². The number of methoxy groups -OCH3 is 1. The topological polar surface area (TPSA) is 87.7 Å². The van der Waals surface area contributed by atoms with Crippen LogP contribution in [0.4, 0.5) is 14.9 Å². The van der Waals surface area contributed by atoms with E-state index >= 15 is 0 Å². The van der Waals surface area contributed by atoms with Gasteiger partial charge in [-0.15, -0.1) is 0 Å². The minimum Gasteiger partial charge on any atom is -0.497 e. The van der Waals surface area contributed by atoms with Crippen molar-refractivity contribution in [1.29, 1.82) is 0 Å². The van der Waals surface area contributed by atoms with E-state index in [2.05, 4.69) is 10.6 Å². The molecule has 158 valence electrons. The molecule has 1 fully saturated rings. The maximum atomic E-state index is 13.4. The average Bonchev–Trinajstić information content (AvgIpc) is 2.98. The van der Waals surface area contributed by atoms with Gasteiger partial charge in [0.15, 0.2) is 0 Å². The Hall–Kier alpha value is -3.42. The van der Waals surface area contributed by atoms with Crippen LogP contribution in [0.2, 0.25) is 0 Å². The number of imide groups is 1.